The monoisotopic (exact) mass is 396 g/mol. The largest absolute Gasteiger partial charge is 0.548 e. The van der Waals surface area contributed by atoms with E-state index in [-0.39, 0.29) is 24.9 Å². The van der Waals surface area contributed by atoms with E-state index < -0.39 is 18.1 Å². The molecule has 6 N–H and O–H groups in total. The van der Waals surface area contributed by atoms with Crippen LogP contribution in [0.3, 0.4) is 0 Å². The van der Waals surface area contributed by atoms with Crippen molar-refractivity contribution in [3.8, 4) is 11.1 Å². The first-order valence-corrected chi connectivity index (χ1v) is 9.41. The van der Waals surface area contributed by atoms with Gasteiger partial charge in [0.15, 0.2) is 0 Å². The SMILES string of the molecule is NC(N)=[NH+]CCCC(NC(=O)OCC1c2ccccc2-c2ccccc21)C(=O)[O-]. The number of nitrogens with two attached hydrogens (primary N) is 2. The van der Waals surface area contributed by atoms with Crippen LogP contribution in [0.2, 0.25) is 0 Å². The van der Waals surface area contributed by atoms with E-state index in [1.807, 2.05) is 48.5 Å². The Hall–Kier alpha value is -3.55. The van der Waals surface area contributed by atoms with E-state index in [1.54, 1.807) is 0 Å². The van der Waals surface area contributed by atoms with Gasteiger partial charge in [-0.25, -0.2) is 4.79 Å². The fourth-order valence-corrected chi connectivity index (χ4v) is 3.57. The summed E-state index contributed by atoms with van der Waals surface area (Å²) in [5, 5.41) is 13.7. The lowest BCUT2D eigenvalue weighted by Crippen LogP contribution is -2.78. The van der Waals surface area contributed by atoms with Crippen LogP contribution in [0.1, 0.15) is 29.9 Å². The van der Waals surface area contributed by atoms with Gasteiger partial charge in [0.2, 0.25) is 0 Å². The number of hydrogen-bond donors (Lipinski definition) is 4. The van der Waals surface area contributed by atoms with E-state index >= 15 is 0 Å². The zero-order chi connectivity index (χ0) is 20.8. The van der Waals surface area contributed by atoms with Gasteiger partial charge in [0.1, 0.15) is 6.61 Å². The zero-order valence-corrected chi connectivity index (χ0v) is 15.9. The summed E-state index contributed by atoms with van der Waals surface area (Å²) in [6.07, 6.45) is -0.202. The molecule has 152 valence electrons. The van der Waals surface area contributed by atoms with Crippen molar-refractivity contribution in [3.05, 3.63) is 59.7 Å². The van der Waals surface area contributed by atoms with E-state index in [9.17, 15) is 14.7 Å². The molecule has 1 aliphatic rings. The van der Waals surface area contributed by atoms with E-state index in [0.717, 1.165) is 22.3 Å². The summed E-state index contributed by atoms with van der Waals surface area (Å²) < 4.78 is 5.36. The van der Waals surface area contributed by atoms with Gasteiger partial charge in [-0.15, -0.1) is 0 Å². The van der Waals surface area contributed by atoms with Gasteiger partial charge in [0.25, 0.3) is 0 Å². The average molecular weight is 396 g/mol. The van der Waals surface area contributed by atoms with Crippen molar-refractivity contribution in [3.63, 3.8) is 0 Å². The van der Waals surface area contributed by atoms with Gasteiger partial charge in [0, 0.05) is 5.92 Å². The molecule has 1 aliphatic carbocycles. The van der Waals surface area contributed by atoms with Gasteiger partial charge in [-0.1, -0.05) is 48.5 Å². The smallest absolute Gasteiger partial charge is 0.407 e. The molecule has 1 unspecified atom stereocenters. The summed E-state index contributed by atoms with van der Waals surface area (Å²) in [4.78, 5) is 26.2. The molecule has 2 aromatic rings. The molecule has 0 fully saturated rings. The van der Waals surface area contributed by atoms with E-state index in [0.29, 0.717) is 13.0 Å². The predicted octanol–water partition coefficient (Wildman–Crippen LogP) is -1.22. The van der Waals surface area contributed by atoms with Gasteiger partial charge < -0.3 is 20.0 Å². The van der Waals surface area contributed by atoms with Gasteiger partial charge in [-0.3, -0.25) is 16.5 Å². The first-order valence-electron chi connectivity index (χ1n) is 9.41. The lowest BCUT2D eigenvalue weighted by Gasteiger charge is -2.20. The van der Waals surface area contributed by atoms with Crippen LogP contribution in [0.4, 0.5) is 4.79 Å². The Morgan fingerprint density at radius 1 is 1.07 bits per heavy atom. The second kappa shape index (κ2) is 9.09. The normalized spacial score (nSPS) is 13.1. The Kier molecular flexibility index (Phi) is 6.33. The Morgan fingerprint density at radius 3 is 2.21 bits per heavy atom. The number of fused-ring (bicyclic) bond motifs is 3. The van der Waals surface area contributed by atoms with Crippen molar-refractivity contribution in [1.82, 2.24) is 5.32 Å². The summed E-state index contributed by atoms with van der Waals surface area (Å²) >= 11 is 0. The highest BCUT2D eigenvalue weighted by atomic mass is 16.5. The van der Waals surface area contributed by atoms with Crippen LogP contribution < -0.4 is 26.9 Å². The molecule has 0 heterocycles. The van der Waals surface area contributed by atoms with Crippen molar-refractivity contribution in [2.24, 2.45) is 11.5 Å². The summed E-state index contributed by atoms with van der Waals surface area (Å²) in [6, 6.07) is 14.8. The maximum Gasteiger partial charge on any atom is 0.407 e. The molecule has 3 rings (SSSR count). The highest BCUT2D eigenvalue weighted by molar-refractivity contribution is 5.80. The Morgan fingerprint density at radius 2 is 1.66 bits per heavy atom. The predicted molar refractivity (Wildman–Crippen MR) is 105 cm³/mol. The number of carbonyl (C=O) groups is 2. The number of guanidine groups is 1. The molecule has 0 saturated heterocycles. The molecule has 0 saturated carbocycles. The highest BCUT2D eigenvalue weighted by Gasteiger charge is 2.29. The maximum atomic E-state index is 12.2. The Balaban J connectivity index is 1.60. The standard InChI is InChI=1S/C21H24N4O4/c22-20(23)24-11-5-10-18(19(26)27)25-21(28)29-12-17-15-8-3-1-6-13(15)14-7-2-4-9-16(14)17/h1-4,6-9,17-18H,5,10-12H2,(H,25,28)(H,26,27)(H4,22,23,24). The second-order valence-corrected chi connectivity index (χ2v) is 6.87. The molecule has 0 bridgehead atoms. The van der Waals surface area contributed by atoms with E-state index in [1.165, 1.54) is 0 Å². The number of nitrogens with one attached hydrogen (secondary N) is 2. The Bertz CT molecular complexity index is 879. The minimum absolute atomic E-state index is 0.0551. The third-order valence-corrected chi connectivity index (χ3v) is 4.92. The Labute approximate surface area is 168 Å². The quantitative estimate of drug-likeness (QED) is 0.250. The molecule has 0 spiro atoms. The van der Waals surface area contributed by atoms with Crippen LogP contribution in [0.5, 0.6) is 0 Å². The van der Waals surface area contributed by atoms with Crippen LogP contribution in [0, 0.1) is 0 Å². The van der Waals surface area contributed by atoms with Gasteiger partial charge in [-0.05, 0) is 35.1 Å². The summed E-state index contributed by atoms with van der Waals surface area (Å²) in [5.74, 6) is -1.41. The summed E-state index contributed by atoms with van der Waals surface area (Å²) in [7, 11) is 0. The first-order chi connectivity index (χ1) is 14.0. The van der Waals surface area contributed by atoms with Crippen molar-refractivity contribution >= 4 is 18.0 Å². The number of amides is 1. The van der Waals surface area contributed by atoms with Crippen molar-refractivity contribution in [2.75, 3.05) is 13.2 Å². The number of benzene rings is 2. The molecular formula is C21H24N4O4. The molecule has 0 aromatic heterocycles. The van der Waals surface area contributed by atoms with Gasteiger partial charge in [-0.2, -0.15) is 0 Å². The fraction of sp³-hybridized carbons (Fsp3) is 0.286. The number of ether oxygens (including phenoxy) is 1. The molecule has 8 nitrogen and oxygen atoms in total. The van der Waals surface area contributed by atoms with Crippen molar-refractivity contribution in [1.29, 1.82) is 0 Å². The molecule has 0 aliphatic heterocycles. The molecule has 29 heavy (non-hydrogen) atoms. The van der Waals surface area contributed by atoms with Crippen LogP contribution in [-0.4, -0.2) is 37.2 Å². The van der Waals surface area contributed by atoms with Gasteiger partial charge in [0.05, 0.1) is 18.6 Å². The van der Waals surface area contributed by atoms with E-state index in [4.69, 9.17) is 16.2 Å². The topological polar surface area (TPSA) is 144 Å². The maximum absolute atomic E-state index is 12.2. The third-order valence-electron chi connectivity index (χ3n) is 4.92. The zero-order valence-electron chi connectivity index (χ0n) is 15.9. The summed E-state index contributed by atoms with van der Waals surface area (Å²) in [5.41, 5.74) is 15.0. The molecule has 1 amide bonds. The molecule has 8 heteroatoms. The summed E-state index contributed by atoms with van der Waals surface area (Å²) in [6.45, 7) is 0.498. The molecule has 0 radical (unpaired) electrons. The number of carbonyl (C=O) groups excluding carboxylic acids is 2. The number of aliphatic carboxylic acids is 1. The number of alkyl carbamates (subject to hydrolysis) is 1. The van der Waals surface area contributed by atoms with Crippen LogP contribution >= 0.6 is 0 Å². The van der Waals surface area contributed by atoms with E-state index in [2.05, 4.69) is 10.3 Å². The molecular weight excluding hydrogens is 372 g/mol. The molecule has 1 atom stereocenters. The first kappa shape index (κ1) is 20.2. The number of carboxylic acid groups (broad SMARTS) is 1. The van der Waals surface area contributed by atoms with Crippen LogP contribution in [0.25, 0.3) is 11.1 Å². The number of hydrogen-bond acceptors (Lipinski definition) is 4. The fourth-order valence-electron chi connectivity index (χ4n) is 3.57. The average Bonchev–Trinajstić information content (AvgIpc) is 3.02. The highest BCUT2D eigenvalue weighted by Crippen LogP contribution is 2.44. The van der Waals surface area contributed by atoms with Crippen LogP contribution in [-0.2, 0) is 9.53 Å². The number of rotatable bonds is 8. The second-order valence-electron chi connectivity index (χ2n) is 6.87. The van der Waals surface area contributed by atoms with Gasteiger partial charge >= 0.3 is 12.1 Å². The lowest BCUT2D eigenvalue weighted by atomic mass is 9.98. The molecule has 2 aromatic carbocycles. The third kappa shape index (κ3) is 4.84. The minimum Gasteiger partial charge on any atom is -0.548 e. The van der Waals surface area contributed by atoms with Crippen molar-refractivity contribution < 1.29 is 24.4 Å². The minimum atomic E-state index is -1.37. The lowest BCUT2D eigenvalue weighted by molar-refractivity contribution is -0.459. The van der Waals surface area contributed by atoms with Crippen molar-refractivity contribution in [2.45, 2.75) is 24.8 Å². The number of carboxylic acids is 1. The van der Waals surface area contributed by atoms with Crippen LogP contribution in [0.15, 0.2) is 48.5 Å².